The van der Waals surface area contributed by atoms with E-state index in [4.69, 9.17) is 4.74 Å². The topological polar surface area (TPSA) is 98.1 Å². The van der Waals surface area contributed by atoms with E-state index < -0.39 is 0 Å². The molecule has 2 aromatic heterocycles. The largest absolute Gasteiger partial charge is 0.370 e. The molecule has 2 unspecified atom stereocenters. The van der Waals surface area contributed by atoms with Gasteiger partial charge in [0.25, 0.3) is 5.91 Å². The van der Waals surface area contributed by atoms with Crippen LogP contribution >= 0.6 is 0 Å². The van der Waals surface area contributed by atoms with Gasteiger partial charge in [0.2, 0.25) is 5.95 Å². The molecule has 2 atom stereocenters. The molecule has 9 heteroatoms. The summed E-state index contributed by atoms with van der Waals surface area (Å²) in [6, 6.07) is 0.246. The number of amides is 1. The van der Waals surface area contributed by atoms with Gasteiger partial charge in [-0.25, -0.2) is 14.6 Å². The number of nitrogens with one attached hydrogen (secondary N) is 1. The van der Waals surface area contributed by atoms with Crippen LogP contribution in [-0.2, 0) is 11.3 Å². The van der Waals surface area contributed by atoms with Crippen LogP contribution in [0.2, 0.25) is 0 Å². The Balaban J connectivity index is 1.48. The number of nitrogens with zero attached hydrogens (tertiary/aromatic N) is 6. The second-order valence-electron chi connectivity index (χ2n) is 6.72. The quantitative estimate of drug-likeness (QED) is 0.883. The number of hydrogen-bond donors (Lipinski definition) is 1. The smallest absolute Gasteiger partial charge is 0.257 e. The highest BCUT2D eigenvalue weighted by atomic mass is 16.5. The first-order valence-electron chi connectivity index (χ1n) is 8.50. The number of rotatable bonds is 3. The molecular weight excluding hydrogens is 322 g/mol. The van der Waals surface area contributed by atoms with Crippen molar-refractivity contribution in [1.29, 1.82) is 0 Å². The van der Waals surface area contributed by atoms with Crippen LogP contribution in [-0.4, -0.2) is 61.0 Å². The van der Waals surface area contributed by atoms with Crippen LogP contribution in [0.15, 0.2) is 18.6 Å². The van der Waals surface area contributed by atoms with E-state index in [1.54, 1.807) is 18.6 Å². The van der Waals surface area contributed by atoms with Crippen LogP contribution in [0, 0.1) is 0 Å². The normalized spacial score (nSPS) is 22.4. The van der Waals surface area contributed by atoms with Crippen molar-refractivity contribution in [2.75, 3.05) is 18.4 Å². The molecule has 0 bridgehead atoms. The van der Waals surface area contributed by atoms with Gasteiger partial charge in [-0.3, -0.25) is 4.79 Å². The number of fused-ring (bicyclic) bond motifs is 3. The zero-order valence-electron chi connectivity index (χ0n) is 14.3. The van der Waals surface area contributed by atoms with Crippen LogP contribution in [0.5, 0.6) is 0 Å². The molecule has 132 valence electrons. The van der Waals surface area contributed by atoms with Gasteiger partial charge < -0.3 is 15.0 Å². The average molecular weight is 343 g/mol. The maximum Gasteiger partial charge on any atom is 0.257 e. The third-order valence-corrected chi connectivity index (χ3v) is 4.53. The molecule has 25 heavy (non-hydrogen) atoms. The maximum atomic E-state index is 12.8. The third kappa shape index (κ3) is 3.07. The number of carbonyl (C=O) groups is 1. The second kappa shape index (κ2) is 6.40. The highest BCUT2D eigenvalue weighted by molar-refractivity contribution is 5.93. The zero-order chi connectivity index (χ0) is 17.4. The lowest BCUT2D eigenvalue weighted by Crippen LogP contribution is -2.49. The van der Waals surface area contributed by atoms with Gasteiger partial charge in [-0.2, -0.15) is 0 Å². The van der Waals surface area contributed by atoms with Gasteiger partial charge in [0.05, 0.1) is 36.2 Å². The van der Waals surface area contributed by atoms with E-state index in [0.29, 0.717) is 31.2 Å². The van der Waals surface area contributed by atoms with Gasteiger partial charge in [-0.15, -0.1) is 5.10 Å². The molecular formula is C16H21N7O2. The first-order chi connectivity index (χ1) is 12.1. The lowest BCUT2D eigenvalue weighted by molar-refractivity contribution is -0.0605. The number of hydrogen-bond acceptors (Lipinski definition) is 7. The Bertz CT molecular complexity index is 758. The van der Waals surface area contributed by atoms with Crippen molar-refractivity contribution < 1.29 is 9.53 Å². The van der Waals surface area contributed by atoms with Crippen molar-refractivity contribution in [3.63, 3.8) is 0 Å². The Morgan fingerprint density at radius 3 is 2.88 bits per heavy atom. The molecule has 1 N–H and O–H groups in total. The van der Waals surface area contributed by atoms with Crippen molar-refractivity contribution in [3.8, 4) is 0 Å². The highest BCUT2D eigenvalue weighted by Gasteiger charge is 2.38. The third-order valence-electron chi connectivity index (χ3n) is 4.53. The van der Waals surface area contributed by atoms with Crippen molar-refractivity contribution >= 4 is 11.9 Å². The van der Waals surface area contributed by atoms with E-state index >= 15 is 0 Å². The van der Waals surface area contributed by atoms with Crippen LogP contribution in [0.1, 0.15) is 42.4 Å². The van der Waals surface area contributed by atoms with Gasteiger partial charge in [-0.1, -0.05) is 5.21 Å². The molecule has 2 aromatic rings. The second-order valence-corrected chi connectivity index (χ2v) is 6.72. The van der Waals surface area contributed by atoms with Gasteiger partial charge in [0.15, 0.2) is 0 Å². The minimum absolute atomic E-state index is 0.00625. The summed E-state index contributed by atoms with van der Waals surface area (Å²) in [5, 5.41) is 11.2. The number of aromatic nitrogens is 5. The number of piperidine rings is 1. The van der Waals surface area contributed by atoms with E-state index in [1.165, 1.54) is 0 Å². The lowest BCUT2D eigenvalue weighted by atomic mass is 10.00. The molecule has 0 radical (unpaired) electrons. The summed E-state index contributed by atoms with van der Waals surface area (Å²) in [6.45, 7) is 5.75. The molecule has 0 aromatic carbocycles. The minimum atomic E-state index is -0.0678. The average Bonchev–Trinajstić information content (AvgIpc) is 3.10. The Labute approximate surface area is 145 Å². The fourth-order valence-electron chi connectivity index (χ4n) is 3.32. The predicted octanol–water partition coefficient (Wildman–Crippen LogP) is 0.874. The highest BCUT2D eigenvalue weighted by Crippen LogP contribution is 2.30. The van der Waals surface area contributed by atoms with Crippen LogP contribution in [0.4, 0.5) is 5.95 Å². The summed E-state index contributed by atoms with van der Waals surface area (Å²) in [7, 11) is 0. The molecule has 4 heterocycles. The van der Waals surface area contributed by atoms with Crippen LogP contribution < -0.4 is 5.32 Å². The summed E-state index contributed by atoms with van der Waals surface area (Å²) in [4.78, 5) is 23.1. The lowest BCUT2D eigenvalue weighted by Gasteiger charge is -2.40. The van der Waals surface area contributed by atoms with Crippen LogP contribution in [0.3, 0.4) is 0 Å². The van der Waals surface area contributed by atoms with Crippen LogP contribution in [0.25, 0.3) is 0 Å². The number of carbonyl (C=O) groups excluding carboxylic acids is 1. The molecule has 0 spiro atoms. The van der Waals surface area contributed by atoms with Crippen molar-refractivity contribution in [3.05, 3.63) is 29.8 Å². The first-order valence-corrected chi connectivity index (χ1v) is 8.50. The molecule has 2 aliphatic heterocycles. The molecule has 1 amide bonds. The fraction of sp³-hybridized carbons (Fsp3) is 0.562. The van der Waals surface area contributed by atoms with Crippen molar-refractivity contribution in [1.82, 2.24) is 29.9 Å². The summed E-state index contributed by atoms with van der Waals surface area (Å²) >= 11 is 0. The van der Waals surface area contributed by atoms with Gasteiger partial charge >= 0.3 is 0 Å². The van der Waals surface area contributed by atoms with Gasteiger partial charge in [-0.05, 0) is 20.3 Å². The first kappa shape index (κ1) is 15.9. The summed E-state index contributed by atoms with van der Waals surface area (Å²) in [5.41, 5.74) is 1.44. The molecule has 0 aliphatic carbocycles. The Morgan fingerprint density at radius 1 is 1.32 bits per heavy atom. The summed E-state index contributed by atoms with van der Waals surface area (Å²) in [5.74, 6) is 0.458. The summed E-state index contributed by atoms with van der Waals surface area (Å²) in [6.07, 6.45) is 5.72. The predicted molar refractivity (Wildman–Crippen MR) is 88.9 cm³/mol. The van der Waals surface area contributed by atoms with E-state index in [1.807, 2.05) is 23.4 Å². The van der Waals surface area contributed by atoms with E-state index in [-0.39, 0.29) is 24.1 Å². The number of ether oxygens (including phenoxy) is 1. The van der Waals surface area contributed by atoms with E-state index in [0.717, 1.165) is 12.1 Å². The zero-order valence-corrected chi connectivity index (χ0v) is 14.3. The van der Waals surface area contributed by atoms with Crippen molar-refractivity contribution in [2.45, 2.75) is 45.1 Å². The SMILES string of the molecule is CC(C)Nc1ncc(C(=O)N2CCC3OCc4cnnn4C3C2)cn1. The maximum absolute atomic E-state index is 12.8. The Kier molecular flexibility index (Phi) is 4.08. The summed E-state index contributed by atoms with van der Waals surface area (Å²) < 4.78 is 7.77. The molecule has 1 saturated heterocycles. The Morgan fingerprint density at radius 2 is 2.12 bits per heavy atom. The van der Waals surface area contributed by atoms with Gasteiger partial charge in [0.1, 0.15) is 0 Å². The number of anilines is 1. The monoisotopic (exact) mass is 343 g/mol. The number of likely N-dealkylation sites (tertiary alicyclic amines) is 1. The van der Waals surface area contributed by atoms with E-state index in [9.17, 15) is 4.79 Å². The van der Waals surface area contributed by atoms with E-state index in [2.05, 4.69) is 25.6 Å². The standard InChI is InChI=1S/C16H21N7O2/c1-10(2)20-16-17-5-11(6-18-16)15(24)22-4-3-14-13(8-22)23-12(9-25-14)7-19-21-23/h5-7,10,13-14H,3-4,8-9H2,1-2H3,(H,17,18,20). The van der Waals surface area contributed by atoms with Gasteiger partial charge in [0, 0.05) is 31.5 Å². The molecule has 0 saturated carbocycles. The molecule has 4 rings (SSSR count). The molecule has 9 nitrogen and oxygen atoms in total. The molecule has 2 aliphatic rings. The Hall–Kier alpha value is -2.55. The molecule has 1 fully saturated rings. The van der Waals surface area contributed by atoms with Crippen molar-refractivity contribution in [2.24, 2.45) is 0 Å². The fourth-order valence-corrected chi connectivity index (χ4v) is 3.32. The minimum Gasteiger partial charge on any atom is -0.370 e.